The van der Waals surface area contributed by atoms with Gasteiger partial charge in [0.15, 0.2) is 6.79 Å². The molecule has 1 atom stereocenters. The lowest BCUT2D eigenvalue weighted by molar-refractivity contribution is -0.0604. The summed E-state index contributed by atoms with van der Waals surface area (Å²) in [6, 6.07) is 12.8. The SMILES string of the molecule is C=C(/C=C\C=C/C)C(=O)c1sc2cc(O)ccc2c1-c1ccc(OCOC2CCCCN2)cc1. The Morgan fingerprint density at radius 2 is 2.03 bits per heavy atom. The Morgan fingerprint density at radius 3 is 2.76 bits per heavy atom. The Labute approximate surface area is 204 Å². The lowest BCUT2D eigenvalue weighted by Crippen LogP contribution is -2.37. The molecule has 1 aliphatic rings. The van der Waals surface area contributed by atoms with E-state index in [-0.39, 0.29) is 24.6 Å². The molecule has 2 aromatic carbocycles. The standard InChI is InChI=1S/C28H29NO4S/c1-3-4-5-8-19(2)27(31)28-26(23-15-12-21(30)17-24(23)34-28)20-10-13-22(14-11-20)32-18-33-25-9-6-7-16-29-25/h3-5,8,10-15,17,25,29-30H,2,6-7,9,16,18H2,1H3/b4-3-,8-5-. The summed E-state index contributed by atoms with van der Waals surface area (Å²) in [6.45, 7) is 7.03. The number of hydrogen-bond acceptors (Lipinski definition) is 6. The topological polar surface area (TPSA) is 67.8 Å². The highest BCUT2D eigenvalue weighted by Crippen LogP contribution is 2.41. The first kappa shape index (κ1) is 24.0. The molecule has 4 rings (SSSR count). The molecule has 6 heteroatoms. The fourth-order valence-electron chi connectivity index (χ4n) is 3.90. The number of piperidine rings is 1. The zero-order chi connectivity index (χ0) is 23.9. The van der Waals surface area contributed by atoms with E-state index in [0.29, 0.717) is 16.2 Å². The van der Waals surface area contributed by atoms with E-state index >= 15 is 0 Å². The van der Waals surface area contributed by atoms with Gasteiger partial charge in [0, 0.05) is 21.2 Å². The second-order valence-electron chi connectivity index (χ2n) is 8.12. The number of benzene rings is 2. The molecule has 1 saturated heterocycles. The molecular weight excluding hydrogens is 446 g/mol. The van der Waals surface area contributed by atoms with Gasteiger partial charge in [0.1, 0.15) is 17.7 Å². The van der Waals surface area contributed by atoms with Crippen LogP contribution in [0.1, 0.15) is 35.9 Å². The summed E-state index contributed by atoms with van der Waals surface area (Å²) in [5, 5.41) is 14.2. The summed E-state index contributed by atoms with van der Waals surface area (Å²) >= 11 is 1.36. The molecule has 1 aliphatic heterocycles. The Morgan fingerprint density at radius 1 is 1.21 bits per heavy atom. The first-order valence-electron chi connectivity index (χ1n) is 11.4. The predicted molar refractivity (Wildman–Crippen MR) is 139 cm³/mol. The van der Waals surface area contributed by atoms with Crippen molar-refractivity contribution in [2.45, 2.75) is 32.4 Å². The summed E-state index contributed by atoms with van der Waals surface area (Å²) in [5.41, 5.74) is 2.14. The van der Waals surface area contributed by atoms with Crippen LogP contribution in [0.15, 0.2) is 78.9 Å². The van der Waals surface area contributed by atoms with Gasteiger partial charge in [-0.05, 0) is 68.6 Å². The van der Waals surface area contributed by atoms with Crippen LogP contribution >= 0.6 is 11.3 Å². The number of thiophene rings is 1. The summed E-state index contributed by atoms with van der Waals surface area (Å²) in [5.74, 6) is 0.732. The Hall–Kier alpha value is -3.19. The van der Waals surface area contributed by atoms with Gasteiger partial charge in [-0.25, -0.2) is 0 Å². The third-order valence-electron chi connectivity index (χ3n) is 5.68. The molecule has 176 valence electrons. The molecule has 0 spiro atoms. The zero-order valence-corrected chi connectivity index (χ0v) is 20.1. The van der Waals surface area contributed by atoms with Crippen LogP contribution in [-0.4, -0.2) is 30.5 Å². The van der Waals surface area contributed by atoms with Gasteiger partial charge in [0.05, 0.1) is 4.88 Å². The molecular formula is C28H29NO4S. The van der Waals surface area contributed by atoms with E-state index in [9.17, 15) is 9.90 Å². The van der Waals surface area contributed by atoms with E-state index in [0.717, 1.165) is 40.6 Å². The molecule has 0 amide bonds. The number of phenolic OH excluding ortho intramolecular Hbond substituents is 1. The van der Waals surface area contributed by atoms with Crippen LogP contribution < -0.4 is 10.1 Å². The molecule has 1 unspecified atom stereocenters. The molecule has 0 saturated carbocycles. The summed E-state index contributed by atoms with van der Waals surface area (Å²) in [7, 11) is 0. The number of rotatable bonds is 9. The minimum Gasteiger partial charge on any atom is -0.508 e. The summed E-state index contributed by atoms with van der Waals surface area (Å²) in [4.78, 5) is 13.9. The van der Waals surface area contributed by atoms with Gasteiger partial charge < -0.3 is 14.6 Å². The fourth-order valence-corrected chi connectivity index (χ4v) is 5.13. The van der Waals surface area contributed by atoms with Crippen LogP contribution in [0.25, 0.3) is 21.2 Å². The monoisotopic (exact) mass is 475 g/mol. The van der Waals surface area contributed by atoms with E-state index < -0.39 is 0 Å². The van der Waals surface area contributed by atoms with Crippen LogP contribution in [0.5, 0.6) is 11.5 Å². The number of ether oxygens (including phenoxy) is 2. The molecule has 3 aromatic rings. The van der Waals surface area contributed by atoms with Crippen molar-refractivity contribution in [3.05, 3.63) is 83.8 Å². The summed E-state index contributed by atoms with van der Waals surface area (Å²) < 4.78 is 12.4. The maximum absolute atomic E-state index is 13.3. The van der Waals surface area contributed by atoms with Gasteiger partial charge >= 0.3 is 0 Å². The Kier molecular flexibility index (Phi) is 7.95. The van der Waals surface area contributed by atoms with Crippen LogP contribution in [0, 0.1) is 0 Å². The lowest BCUT2D eigenvalue weighted by Gasteiger charge is -2.23. The van der Waals surface area contributed by atoms with Crippen molar-refractivity contribution in [1.29, 1.82) is 0 Å². The van der Waals surface area contributed by atoms with Gasteiger partial charge in [-0.2, -0.15) is 0 Å². The molecule has 2 N–H and O–H groups in total. The molecule has 1 aromatic heterocycles. The molecule has 0 radical (unpaired) electrons. The number of fused-ring (bicyclic) bond motifs is 1. The predicted octanol–water partition coefficient (Wildman–Crippen LogP) is 6.60. The van der Waals surface area contributed by atoms with Crippen molar-refractivity contribution in [1.82, 2.24) is 5.32 Å². The number of nitrogens with one attached hydrogen (secondary N) is 1. The average molecular weight is 476 g/mol. The first-order valence-corrected chi connectivity index (χ1v) is 12.2. The van der Waals surface area contributed by atoms with Gasteiger partial charge in [0.25, 0.3) is 0 Å². The highest BCUT2D eigenvalue weighted by molar-refractivity contribution is 7.21. The van der Waals surface area contributed by atoms with Crippen molar-refractivity contribution in [3.63, 3.8) is 0 Å². The average Bonchev–Trinajstić information content (AvgIpc) is 3.23. The number of Topliss-reactive ketones (excluding diaryl/α,β-unsaturated/α-hetero) is 1. The number of carbonyl (C=O) groups is 1. The van der Waals surface area contributed by atoms with Gasteiger partial charge in [-0.15, -0.1) is 11.3 Å². The minimum atomic E-state index is -0.134. The zero-order valence-electron chi connectivity index (χ0n) is 19.3. The number of hydrogen-bond donors (Lipinski definition) is 2. The Balaban J connectivity index is 1.57. The minimum absolute atomic E-state index is 0.0464. The second-order valence-corrected chi connectivity index (χ2v) is 9.17. The Bertz CT molecular complexity index is 1220. The van der Waals surface area contributed by atoms with Crippen molar-refractivity contribution in [3.8, 4) is 22.6 Å². The van der Waals surface area contributed by atoms with Crippen molar-refractivity contribution in [2.24, 2.45) is 0 Å². The van der Waals surface area contributed by atoms with Crippen molar-refractivity contribution in [2.75, 3.05) is 13.3 Å². The van der Waals surface area contributed by atoms with Crippen LogP contribution in [0.2, 0.25) is 0 Å². The molecule has 5 nitrogen and oxygen atoms in total. The van der Waals surface area contributed by atoms with E-state index in [4.69, 9.17) is 9.47 Å². The van der Waals surface area contributed by atoms with Crippen molar-refractivity contribution >= 4 is 27.2 Å². The molecule has 0 aliphatic carbocycles. The number of allylic oxidation sites excluding steroid dienone is 5. The largest absolute Gasteiger partial charge is 0.508 e. The van der Waals surface area contributed by atoms with Crippen LogP contribution in [0.3, 0.4) is 0 Å². The maximum atomic E-state index is 13.3. The third kappa shape index (κ3) is 5.65. The highest BCUT2D eigenvalue weighted by Gasteiger charge is 2.21. The molecule has 2 heterocycles. The van der Waals surface area contributed by atoms with Crippen molar-refractivity contribution < 1.29 is 19.4 Å². The van der Waals surface area contributed by atoms with Gasteiger partial charge in [-0.1, -0.05) is 43.0 Å². The van der Waals surface area contributed by atoms with Crippen LogP contribution in [-0.2, 0) is 4.74 Å². The number of carbonyl (C=O) groups excluding carboxylic acids is 1. The van der Waals surface area contributed by atoms with Gasteiger partial charge in [0.2, 0.25) is 5.78 Å². The quantitative estimate of drug-likeness (QED) is 0.158. The number of phenols is 1. The van der Waals surface area contributed by atoms with E-state index in [1.165, 1.54) is 17.8 Å². The lowest BCUT2D eigenvalue weighted by atomic mass is 9.98. The third-order valence-corrected chi connectivity index (χ3v) is 6.83. The fraction of sp³-hybridized carbons (Fsp3) is 0.250. The normalized spacial score (nSPS) is 16.4. The smallest absolute Gasteiger partial charge is 0.203 e. The molecule has 0 bridgehead atoms. The van der Waals surface area contributed by atoms with E-state index in [1.54, 1.807) is 24.3 Å². The molecule has 34 heavy (non-hydrogen) atoms. The number of ketones is 1. The first-order chi connectivity index (χ1) is 16.6. The number of aromatic hydroxyl groups is 1. The van der Waals surface area contributed by atoms with E-state index in [1.807, 2.05) is 49.4 Å². The maximum Gasteiger partial charge on any atom is 0.203 e. The summed E-state index contributed by atoms with van der Waals surface area (Å²) in [6.07, 6.45) is 10.7. The highest BCUT2D eigenvalue weighted by atomic mass is 32.1. The van der Waals surface area contributed by atoms with E-state index in [2.05, 4.69) is 11.9 Å². The molecule has 1 fully saturated rings. The van der Waals surface area contributed by atoms with Crippen LogP contribution in [0.4, 0.5) is 0 Å². The van der Waals surface area contributed by atoms with Gasteiger partial charge in [-0.3, -0.25) is 10.1 Å². The second kappa shape index (κ2) is 11.3.